The molecule has 1 aromatic carbocycles. The highest BCUT2D eigenvalue weighted by atomic mass is 16.5. The van der Waals surface area contributed by atoms with Gasteiger partial charge >= 0.3 is 0 Å². The second-order valence-corrected chi connectivity index (χ2v) is 9.15. The molecule has 1 amide bonds. The average Bonchev–Trinajstić information content (AvgIpc) is 3.09. The second-order valence-electron chi connectivity index (χ2n) is 9.15. The Balaban J connectivity index is 1.34. The lowest BCUT2D eigenvalue weighted by atomic mass is 9.96. The second kappa shape index (κ2) is 9.83. The molecule has 0 saturated carbocycles. The Morgan fingerprint density at radius 3 is 2.88 bits per heavy atom. The van der Waals surface area contributed by atoms with E-state index in [1.807, 2.05) is 36.4 Å². The molecule has 2 saturated heterocycles. The molecule has 0 N–H and O–H groups in total. The molecule has 2 aromatic heterocycles. The number of pyridine rings is 1. The molecule has 0 aliphatic carbocycles. The zero-order chi connectivity index (χ0) is 22.6. The average molecular weight is 446 g/mol. The molecule has 0 radical (unpaired) electrons. The van der Waals surface area contributed by atoms with E-state index in [1.165, 1.54) is 22.8 Å². The maximum absolute atomic E-state index is 13.5. The molecule has 0 unspecified atom stereocenters. The number of carbonyl (C=O) groups excluding carboxylic acids is 1. The van der Waals surface area contributed by atoms with Crippen molar-refractivity contribution in [2.45, 2.75) is 32.6 Å². The van der Waals surface area contributed by atoms with Crippen LogP contribution in [0.2, 0.25) is 0 Å². The van der Waals surface area contributed by atoms with Gasteiger partial charge in [0.2, 0.25) is 5.95 Å². The van der Waals surface area contributed by atoms with Gasteiger partial charge in [0, 0.05) is 55.6 Å². The molecule has 4 heterocycles. The first-order valence-corrected chi connectivity index (χ1v) is 12.0. The van der Waals surface area contributed by atoms with Crippen molar-refractivity contribution in [1.82, 2.24) is 19.9 Å². The van der Waals surface area contributed by atoms with Crippen molar-refractivity contribution in [1.29, 1.82) is 0 Å². The van der Waals surface area contributed by atoms with Gasteiger partial charge < -0.3 is 14.5 Å². The number of carbonyl (C=O) groups is 1. The minimum atomic E-state index is -0.0335. The Labute approximate surface area is 194 Å². The van der Waals surface area contributed by atoms with Crippen LogP contribution in [0.3, 0.4) is 0 Å². The molecule has 7 heteroatoms. The van der Waals surface area contributed by atoms with Gasteiger partial charge in [-0.25, -0.2) is 9.97 Å². The zero-order valence-electron chi connectivity index (χ0n) is 19.2. The molecule has 3 aromatic rings. The van der Waals surface area contributed by atoms with Crippen LogP contribution >= 0.6 is 0 Å². The summed E-state index contributed by atoms with van der Waals surface area (Å²) >= 11 is 0. The molecular formula is C26H31N5O2. The topological polar surface area (TPSA) is 71.5 Å². The van der Waals surface area contributed by atoms with E-state index in [-0.39, 0.29) is 11.8 Å². The van der Waals surface area contributed by atoms with Gasteiger partial charge in [-0.1, -0.05) is 18.2 Å². The number of aromatic nitrogens is 3. The van der Waals surface area contributed by atoms with E-state index in [2.05, 4.69) is 38.1 Å². The summed E-state index contributed by atoms with van der Waals surface area (Å²) in [6, 6.07) is 10.2. The predicted octanol–water partition coefficient (Wildman–Crippen LogP) is 3.65. The van der Waals surface area contributed by atoms with Gasteiger partial charge in [-0.2, -0.15) is 0 Å². The highest BCUT2D eigenvalue weighted by Crippen LogP contribution is 2.23. The first-order valence-electron chi connectivity index (χ1n) is 12.0. The van der Waals surface area contributed by atoms with Crippen LogP contribution in [0.1, 0.15) is 41.0 Å². The third kappa shape index (κ3) is 4.98. The van der Waals surface area contributed by atoms with E-state index in [1.54, 1.807) is 0 Å². The molecule has 2 aliphatic rings. The number of amides is 1. The quantitative estimate of drug-likeness (QED) is 0.610. The van der Waals surface area contributed by atoms with E-state index in [0.717, 1.165) is 38.0 Å². The fourth-order valence-corrected chi connectivity index (χ4v) is 4.91. The monoisotopic (exact) mass is 445 g/mol. The first-order chi connectivity index (χ1) is 16.2. The minimum absolute atomic E-state index is 0.0335. The lowest BCUT2D eigenvalue weighted by molar-refractivity contribution is 0.0731. The first kappa shape index (κ1) is 21.8. The number of anilines is 1. The summed E-state index contributed by atoms with van der Waals surface area (Å²) in [4.78, 5) is 31.2. The molecule has 2 aliphatic heterocycles. The van der Waals surface area contributed by atoms with Crippen molar-refractivity contribution < 1.29 is 9.53 Å². The maximum Gasteiger partial charge on any atom is 0.272 e. The lowest BCUT2D eigenvalue weighted by Gasteiger charge is -2.28. The van der Waals surface area contributed by atoms with Crippen molar-refractivity contribution in [2.75, 3.05) is 44.3 Å². The number of hydrogen-bond acceptors (Lipinski definition) is 6. The lowest BCUT2D eigenvalue weighted by Crippen LogP contribution is -2.37. The third-order valence-electron chi connectivity index (χ3n) is 6.61. The van der Waals surface area contributed by atoms with Crippen LogP contribution in [-0.4, -0.2) is 65.2 Å². The van der Waals surface area contributed by atoms with Crippen molar-refractivity contribution in [3.63, 3.8) is 0 Å². The summed E-state index contributed by atoms with van der Waals surface area (Å²) in [6.07, 6.45) is 8.13. The summed E-state index contributed by atoms with van der Waals surface area (Å²) in [5.41, 5.74) is 2.56. The maximum atomic E-state index is 13.5. The largest absolute Gasteiger partial charge is 0.379 e. The highest BCUT2D eigenvalue weighted by Gasteiger charge is 2.26. The van der Waals surface area contributed by atoms with E-state index in [4.69, 9.17) is 4.74 Å². The summed E-state index contributed by atoms with van der Waals surface area (Å²) in [7, 11) is 0. The van der Waals surface area contributed by atoms with Gasteiger partial charge in [-0.3, -0.25) is 9.78 Å². The standard InChI is InChI=1S/C26H31N5O2/c1-19-14-24(29-26(28-19)30-10-3-2-4-11-30)25(32)31-12-13-33-18-20(17-31)15-22-7-5-6-21-8-9-27-16-23(21)22/h5-9,14,16,20H,2-4,10-13,15,17-18H2,1H3/t20-/m1/s1. The van der Waals surface area contributed by atoms with Crippen LogP contribution in [-0.2, 0) is 11.2 Å². The number of fused-ring (bicyclic) bond motifs is 1. The number of benzene rings is 1. The SMILES string of the molecule is Cc1cc(C(=O)N2CCOC[C@H](Cc3cccc4ccncc34)C2)nc(N2CCCCC2)n1. The third-order valence-corrected chi connectivity index (χ3v) is 6.61. The van der Waals surface area contributed by atoms with Crippen LogP contribution in [0.5, 0.6) is 0 Å². The van der Waals surface area contributed by atoms with Gasteiger partial charge in [-0.05, 0) is 55.7 Å². The van der Waals surface area contributed by atoms with Crippen LogP contribution in [0, 0.1) is 12.8 Å². The molecule has 172 valence electrons. The van der Waals surface area contributed by atoms with Crippen molar-refractivity contribution in [3.05, 3.63) is 59.7 Å². The van der Waals surface area contributed by atoms with Gasteiger partial charge in [0.1, 0.15) is 5.69 Å². The Bertz CT molecular complexity index is 1120. The van der Waals surface area contributed by atoms with Gasteiger partial charge in [0.15, 0.2) is 0 Å². The summed E-state index contributed by atoms with van der Waals surface area (Å²) in [5, 5.41) is 2.35. The number of rotatable bonds is 4. The molecular weight excluding hydrogens is 414 g/mol. The zero-order valence-corrected chi connectivity index (χ0v) is 19.2. The number of hydrogen-bond donors (Lipinski definition) is 0. The Morgan fingerprint density at radius 2 is 2.00 bits per heavy atom. The molecule has 1 atom stereocenters. The smallest absolute Gasteiger partial charge is 0.272 e. The number of ether oxygens (including phenoxy) is 1. The molecule has 2 fully saturated rings. The summed E-state index contributed by atoms with van der Waals surface area (Å²) in [6.45, 7) is 6.26. The predicted molar refractivity (Wildman–Crippen MR) is 128 cm³/mol. The van der Waals surface area contributed by atoms with E-state index < -0.39 is 0 Å². The van der Waals surface area contributed by atoms with Crippen LogP contribution < -0.4 is 4.90 Å². The van der Waals surface area contributed by atoms with Crippen molar-refractivity contribution in [3.8, 4) is 0 Å². The van der Waals surface area contributed by atoms with Gasteiger partial charge in [0.25, 0.3) is 5.91 Å². The Morgan fingerprint density at radius 1 is 1.12 bits per heavy atom. The number of piperidine rings is 1. The van der Waals surface area contributed by atoms with Gasteiger partial charge in [0.05, 0.1) is 13.2 Å². The van der Waals surface area contributed by atoms with E-state index >= 15 is 0 Å². The fourth-order valence-electron chi connectivity index (χ4n) is 4.91. The molecule has 0 spiro atoms. The van der Waals surface area contributed by atoms with Crippen LogP contribution in [0.25, 0.3) is 10.8 Å². The number of aryl methyl sites for hydroxylation is 1. The van der Waals surface area contributed by atoms with E-state index in [0.29, 0.717) is 37.9 Å². The van der Waals surface area contributed by atoms with Crippen LogP contribution in [0.4, 0.5) is 5.95 Å². The van der Waals surface area contributed by atoms with Crippen LogP contribution in [0.15, 0.2) is 42.7 Å². The van der Waals surface area contributed by atoms with Crippen molar-refractivity contribution >= 4 is 22.6 Å². The minimum Gasteiger partial charge on any atom is -0.379 e. The van der Waals surface area contributed by atoms with E-state index in [9.17, 15) is 4.79 Å². The molecule has 0 bridgehead atoms. The summed E-state index contributed by atoms with van der Waals surface area (Å²) < 4.78 is 5.90. The van der Waals surface area contributed by atoms with Gasteiger partial charge in [-0.15, -0.1) is 0 Å². The molecule has 33 heavy (non-hydrogen) atoms. The Hall–Kier alpha value is -3.06. The Kier molecular flexibility index (Phi) is 6.48. The summed E-state index contributed by atoms with van der Waals surface area (Å²) in [5.74, 6) is 0.865. The van der Waals surface area contributed by atoms with Crippen molar-refractivity contribution in [2.24, 2.45) is 5.92 Å². The number of nitrogens with zero attached hydrogens (tertiary/aromatic N) is 5. The molecule has 7 nitrogen and oxygen atoms in total. The normalized spacial score (nSPS) is 19.5. The molecule has 5 rings (SSSR count). The fraction of sp³-hybridized carbons (Fsp3) is 0.462. The highest BCUT2D eigenvalue weighted by molar-refractivity contribution is 5.92.